The van der Waals surface area contributed by atoms with Gasteiger partial charge in [-0.1, -0.05) is 30.3 Å². The Kier molecular flexibility index (Phi) is 15.8. The van der Waals surface area contributed by atoms with E-state index in [1.165, 1.54) is 7.14 Å². The van der Waals surface area contributed by atoms with Gasteiger partial charge in [-0.15, -0.1) is 21.9 Å². The zero-order valence-corrected chi connectivity index (χ0v) is 36.3. The van der Waals surface area contributed by atoms with Gasteiger partial charge in [-0.05, 0) is 31.2 Å². The molecule has 0 aliphatic carbocycles. The van der Waals surface area contributed by atoms with Crippen LogP contribution >= 0.6 is 0 Å². The van der Waals surface area contributed by atoms with Crippen LogP contribution in [-0.4, -0.2) is 11.9 Å². The predicted molar refractivity (Wildman–Crippen MR) is 190 cm³/mol. The number of alkyl halides is 12. The first-order chi connectivity index (χ1) is 33.3. The number of hydrogen-bond acceptors (Lipinski definition) is 1. The molecule has 0 saturated carbocycles. The van der Waals surface area contributed by atoms with Crippen LogP contribution in [0.2, 0.25) is 0 Å². The monoisotopic (exact) mass is 1200 g/mol. The molecule has 0 amide bonds. The number of ketones is 1. The average molecular weight is 1200 g/mol. The second-order valence-corrected chi connectivity index (χ2v) is 17.4. The van der Waals surface area contributed by atoms with Gasteiger partial charge in [0.15, 0.2) is 55.9 Å². The van der Waals surface area contributed by atoms with Gasteiger partial charge in [0.1, 0.15) is 74.9 Å². The van der Waals surface area contributed by atoms with Crippen molar-refractivity contribution < 1.29 is 149 Å². The maximum Gasteiger partial charge on any atom is 0.422 e. The van der Waals surface area contributed by atoms with Crippen molar-refractivity contribution in [3.05, 3.63) is 183 Å². The molecule has 1 nitrogen and oxygen atoms in total. The molecule has 0 heterocycles. The van der Waals surface area contributed by atoms with Crippen molar-refractivity contribution in [3.8, 4) is 0 Å². The van der Waals surface area contributed by atoms with Crippen molar-refractivity contribution in [1.82, 2.24) is 0 Å². The van der Waals surface area contributed by atoms with E-state index in [2.05, 4.69) is 18.2 Å². The van der Waals surface area contributed by atoms with E-state index in [4.69, 9.17) is 0 Å². The zero-order valence-electron chi connectivity index (χ0n) is 34.1. The molecule has 0 N–H and O–H groups in total. The van der Waals surface area contributed by atoms with Crippen LogP contribution in [0.1, 0.15) is 39.5 Å². The molecule has 31 heteroatoms. The summed E-state index contributed by atoms with van der Waals surface area (Å²) in [5.41, 5.74) is -32.5. The van der Waals surface area contributed by atoms with E-state index < -0.39 is 168 Å². The summed E-state index contributed by atoms with van der Waals surface area (Å²) < 4.78 is 412. The molecule has 0 bridgehead atoms. The van der Waals surface area contributed by atoms with Crippen molar-refractivity contribution in [1.29, 1.82) is 0 Å². The number of Topliss-reactive ketones (excluding diaryl/α,β-unsaturated/α-hetero) is 1. The second kappa shape index (κ2) is 19.9. The smallest absolute Gasteiger partial charge is 0.294 e. The number of carbonyl (C=O) groups excluding carboxylic acids is 1. The average Bonchev–Trinajstić information content (AvgIpc) is 3.25. The van der Waals surface area contributed by atoms with E-state index in [-0.39, 0.29) is 27.0 Å². The molecule has 0 aromatic heterocycles. The zero-order chi connectivity index (χ0) is 55.7. The van der Waals surface area contributed by atoms with E-state index >= 15 is 70.2 Å². The van der Waals surface area contributed by atoms with Gasteiger partial charge in [-0.2, -0.15) is 52.7 Å². The summed E-state index contributed by atoms with van der Waals surface area (Å²) in [5.74, 6) is -69.7. The Labute approximate surface area is 396 Å². The van der Waals surface area contributed by atoms with Gasteiger partial charge >= 0.3 is 45.9 Å². The summed E-state index contributed by atoms with van der Waals surface area (Å²) in [7, 11) is 0. The Morgan fingerprint density at radius 3 is 0.781 bits per heavy atom. The molecular formula is C42H12BF28IO. The third kappa shape index (κ3) is 9.87. The minimum Gasteiger partial charge on any atom is -0.294 e. The summed E-state index contributed by atoms with van der Waals surface area (Å²) in [5, 5.41) is 0. The third-order valence-electron chi connectivity index (χ3n) is 10.3. The van der Waals surface area contributed by atoms with Crippen LogP contribution in [0, 0.1) is 100 Å². The number of carbonyl (C=O) groups is 1. The Hall–Kier alpha value is -6.18. The quantitative estimate of drug-likeness (QED) is 0.0513. The fourth-order valence-electron chi connectivity index (χ4n) is 7.40. The lowest BCUT2D eigenvalue weighted by molar-refractivity contribution is -0.597. The van der Waals surface area contributed by atoms with Crippen LogP contribution in [0.15, 0.2) is 54.6 Å². The normalized spacial score (nSPS) is 12.6. The summed E-state index contributed by atoms with van der Waals surface area (Å²) >= 11 is -0.247. The molecule has 0 aliphatic rings. The van der Waals surface area contributed by atoms with Crippen molar-refractivity contribution >= 4 is 33.8 Å². The first-order valence-electron chi connectivity index (χ1n) is 18.5. The predicted octanol–water partition coefficient (Wildman–Crippen LogP) is 9.38. The van der Waals surface area contributed by atoms with E-state index in [0.29, 0.717) is 0 Å². The minimum absolute atomic E-state index is 0.159. The van der Waals surface area contributed by atoms with Crippen LogP contribution in [0.3, 0.4) is 0 Å². The lowest BCUT2D eigenvalue weighted by atomic mass is 9.12. The van der Waals surface area contributed by atoms with Crippen molar-refractivity contribution in [2.45, 2.75) is 31.6 Å². The molecule has 0 saturated heterocycles. The topological polar surface area (TPSA) is 17.1 Å². The highest BCUT2D eigenvalue weighted by molar-refractivity contribution is 7.20. The van der Waals surface area contributed by atoms with Crippen LogP contribution < -0.4 is 43.1 Å². The molecule has 6 aromatic rings. The van der Waals surface area contributed by atoms with Crippen LogP contribution in [0.4, 0.5) is 123 Å². The molecular weight excluding hydrogens is 1190 g/mol. The lowest BCUT2D eigenvalue weighted by Crippen LogP contribution is -3.61. The van der Waals surface area contributed by atoms with E-state index in [1.807, 2.05) is 36.4 Å². The van der Waals surface area contributed by atoms with Crippen LogP contribution in [0.25, 0.3) is 0 Å². The molecule has 0 atom stereocenters. The second-order valence-electron chi connectivity index (χ2n) is 14.5. The lowest BCUT2D eigenvalue weighted by Gasteiger charge is -2.45. The fourth-order valence-corrected chi connectivity index (χ4v) is 10.1. The maximum absolute atomic E-state index is 15.9. The van der Waals surface area contributed by atoms with Crippen LogP contribution in [-0.2, 0) is 24.7 Å². The molecule has 0 unspecified atom stereocenters. The largest absolute Gasteiger partial charge is 0.422 e. The van der Waals surface area contributed by atoms with E-state index in [1.54, 1.807) is 6.92 Å². The molecule has 0 spiro atoms. The number of rotatable bonds is 7. The van der Waals surface area contributed by atoms with Gasteiger partial charge in [0, 0.05) is 0 Å². The summed E-state index contributed by atoms with van der Waals surface area (Å²) in [6, 6.07) is 18.3. The van der Waals surface area contributed by atoms with Gasteiger partial charge < -0.3 is 0 Å². The highest BCUT2D eigenvalue weighted by atomic mass is 127. The van der Waals surface area contributed by atoms with Gasteiger partial charge in [0.2, 0.25) is 3.57 Å². The van der Waals surface area contributed by atoms with Crippen LogP contribution in [0.5, 0.6) is 0 Å². The maximum atomic E-state index is 15.9. The number of halogens is 29. The molecule has 0 aliphatic heterocycles. The standard InChI is InChI=1S/C28BF28.C14H12IO/c30-9-1(25(46,47)48)10(31)18(39)5(17(9)38)29(6-19(40)11(32)2(26(49,50)51)12(33)20(6)41,7-21(42)13(34)3(27(52,53)54)14(35)22(7)43)8-23(44)15(36)4(28(55,56)57)16(37)24(8)45;1-11(16)13-9-5-6-10-14(13)15-12-7-3-2-4-8-12/h;2-10H,1H3/q-1;+1. The number of benzene rings is 6. The van der Waals surface area contributed by atoms with Crippen molar-refractivity contribution in [3.63, 3.8) is 0 Å². The minimum atomic E-state index is -8.18. The first kappa shape index (κ1) is 57.7. The Morgan fingerprint density at radius 1 is 0.342 bits per heavy atom. The summed E-state index contributed by atoms with van der Waals surface area (Å²) in [6.07, 6.45) is -35.7. The summed E-state index contributed by atoms with van der Waals surface area (Å²) in [4.78, 5) is 11.5. The van der Waals surface area contributed by atoms with Gasteiger partial charge in [0.05, 0.1) is 5.56 Å². The Morgan fingerprint density at radius 2 is 0.562 bits per heavy atom. The van der Waals surface area contributed by atoms with Crippen molar-refractivity contribution in [2.75, 3.05) is 0 Å². The van der Waals surface area contributed by atoms with E-state index in [0.717, 1.165) is 5.56 Å². The molecule has 0 fully saturated rings. The van der Waals surface area contributed by atoms with Gasteiger partial charge in [-0.25, -0.2) is 70.2 Å². The molecule has 73 heavy (non-hydrogen) atoms. The third-order valence-corrected chi connectivity index (χ3v) is 13.1. The number of hydrogen-bond donors (Lipinski definition) is 0. The van der Waals surface area contributed by atoms with Gasteiger partial charge in [-0.3, -0.25) is 4.79 Å². The first-order valence-corrected chi connectivity index (χ1v) is 20.7. The van der Waals surface area contributed by atoms with Crippen molar-refractivity contribution in [2.24, 2.45) is 0 Å². The molecule has 0 radical (unpaired) electrons. The SMILES string of the molecule is CC(=O)c1ccccc1[I+]c1ccccc1.Fc1c(F)c(C(F)(F)F)c(F)c(F)c1[B-](c1c(F)c(F)c(C(F)(F)F)c(F)c1F)(c1c(F)c(F)c(C(F)(F)F)c(F)c1F)c1c(F)c(F)c(C(F)(F)F)c(F)c1F. The Balaban J connectivity index is 0.000000520. The fraction of sp³-hybridized carbons (Fsp3) is 0.119. The van der Waals surface area contributed by atoms with E-state index in [9.17, 15) is 57.5 Å². The molecule has 6 rings (SSSR count). The summed E-state index contributed by atoms with van der Waals surface area (Å²) in [6.45, 7) is 1.63. The highest BCUT2D eigenvalue weighted by Crippen LogP contribution is 2.42. The Bertz CT molecular complexity index is 2750. The molecule has 392 valence electrons. The van der Waals surface area contributed by atoms with Gasteiger partial charge in [0.25, 0.3) is 0 Å². The highest BCUT2D eigenvalue weighted by Gasteiger charge is 2.56. The molecule has 6 aromatic carbocycles.